The lowest BCUT2D eigenvalue weighted by atomic mass is 9.88. The van der Waals surface area contributed by atoms with Crippen LogP contribution in [0.15, 0.2) is 12.7 Å². The molecule has 1 amide bonds. The molecule has 0 aliphatic carbocycles. The maximum atomic E-state index is 11.5. The lowest BCUT2D eigenvalue weighted by Gasteiger charge is -2.33. The van der Waals surface area contributed by atoms with Crippen molar-refractivity contribution in [3.63, 3.8) is 0 Å². The van der Waals surface area contributed by atoms with Gasteiger partial charge in [0.15, 0.2) is 0 Å². The second kappa shape index (κ2) is 3.44. The smallest absolute Gasteiger partial charge is 0.309 e. The van der Waals surface area contributed by atoms with Crippen molar-refractivity contribution in [1.29, 1.82) is 0 Å². The molecule has 1 rings (SSSR count). The van der Waals surface area contributed by atoms with Crippen LogP contribution in [-0.2, 0) is 9.59 Å². The molecule has 1 fully saturated rings. The minimum atomic E-state index is -0.907. The first-order valence-electron chi connectivity index (χ1n) is 4.55. The Morgan fingerprint density at radius 1 is 1.79 bits per heavy atom. The van der Waals surface area contributed by atoms with Crippen molar-refractivity contribution in [3.05, 3.63) is 12.7 Å². The zero-order valence-corrected chi connectivity index (χ0v) is 8.49. The van der Waals surface area contributed by atoms with Crippen molar-refractivity contribution >= 4 is 11.9 Å². The minimum Gasteiger partial charge on any atom is -0.481 e. The summed E-state index contributed by atoms with van der Waals surface area (Å²) in [5.74, 6) is -1.63. The van der Waals surface area contributed by atoms with Crippen LogP contribution in [0.2, 0.25) is 0 Å². The summed E-state index contributed by atoms with van der Waals surface area (Å²) in [6.07, 6.45) is 1.71. The SMILES string of the molecule is C=CCN1C(=O)CC(C(=O)O)C1(C)C. The molecule has 1 heterocycles. The first kappa shape index (κ1) is 10.8. The van der Waals surface area contributed by atoms with Gasteiger partial charge in [0.2, 0.25) is 5.91 Å². The predicted molar refractivity (Wildman–Crippen MR) is 51.7 cm³/mol. The van der Waals surface area contributed by atoms with Crippen LogP contribution >= 0.6 is 0 Å². The van der Waals surface area contributed by atoms with Gasteiger partial charge in [-0.3, -0.25) is 9.59 Å². The number of aliphatic carboxylic acids is 1. The number of carboxylic acids is 1. The number of nitrogens with zero attached hydrogens (tertiary/aromatic N) is 1. The molecular weight excluding hydrogens is 182 g/mol. The Kier molecular flexibility index (Phi) is 2.64. The van der Waals surface area contributed by atoms with Crippen LogP contribution in [0.4, 0.5) is 0 Å². The van der Waals surface area contributed by atoms with E-state index in [0.29, 0.717) is 6.54 Å². The lowest BCUT2D eigenvalue weighted by molar-refractivity contribution is -0.144. The average Bonchev–Trinajstić information content (AvgIpc) is 2.28. The molecule has 1 unspecified atom stereocenters. The van der Waals surface area contributed by atoms with Crippen LogP contribution in [0, 0.1) is 5.92 Å². The molecular formula is C10H15NO3. The second-order valence-electron chi connectivity index (χ2n) is 4.04. The number of amides is 1. The monoisotopic (exact) mass is 197 g/mol. The molecule has 4 heteroatoms. The van der Waals surface area contributed by atoms with Crippen LogP contribution < -0.4 is 0 Å². The molecule has 1 saturated heterocycles. The number of hydrogen-bond acceptors (Lipinski definition) is 2. The van der Waals surface area contributed by atoms with Crippen LogP contribution in [-0.4, -0.2) is 34.0 Å². The fraction of sp³-hybridized carbons (Fsp3) is 0.600. The van der Waals surface area contributed by atoms with Crippen LogP contribution in [0.1, 0.15) is 20.3 Å². The van der Waals surface area contributed by atoms with E-state index >= 15 is 0 Å². The highest BCUT2D eigenvalue weighted by Crippen LogP contribution is 2.35. The normalized spacial score (nSPS) is 25.1. The molecule has 0 spiro atoms. The summed E-state index contributed by atoms with van der Waals surface area (Å²) in [7, 11) is 0. The maximum Gasteiger partial charge on any atom is 0.309 e. The van der Waals surface area contributed by atoms with Crippen molar-refractivity contribution in [2.45, 2.75) is 25.8 Å². The van der Waals surface area contributed by atoms with Gasteiger partial charge in [0.1, 0.15) is 0 Å². The molecule has 0 radical (unpaired) electrons. The van der Waals surface area contributed by atoms with E-state index in [1.807, 2.05) is 0 Å². The zero-order chi connectivity index (χ0) is 10.9. The van der Waals surface area contributed by atoms with E-state index in [1.165, 1.54) is 0 Å². The maximum absolute atomic E-state index is 11.5. The van der Waals surface area contributed by atoms with Gasteiger partial charge < -0.3 is 10.0 Å². The molecule has 0 aromatic heterocycles. The molecule has 0 saturated carbocycles. The molecule has 14 heavy (non-hydrogen) atoms. The van der Waals surface area contributed by atoms with E-state index in [4.69, 9.17) is 5.11 Å². The number of carboxylic acid groups (broad SMARTS) is 1. The number of likely N-dealkylation sites (tertiary alicyclic amines) is 1. The third-order valence-corrected chi connectivity index (χ3v) is 2.84. The second-order valence-corrected chi connectivity index (χ2v) is 4.04. The fourth-order valence-corrected chi connectivity index (χ4v) is 1.90. The zero-order valence-electron chi connectivity index (χ0n) is 8.49. The van der Waals surface area contributed by atoms with Gasteiger partial charge in [-0.1, -0.05) is 6.08 Å². The molecule has 1 aliphatic heterocycles. The standard InChI is InChI=1S/C10H15NO3/c1-4-5-11-8(12)6-7(9(13)14)10(11,2)3/h4,7H,1,5-6H2,2-3H3,(H,13,14). The summed E-state index contributed by atoms with van der Waals surface area (Å²) in [5.41, 5.74) is -0.614. The Morgan fingerprint density at radius 3 is 2.71 bits per heavy atom. The van der Waals surface area contributed by atoms with Gasteiger partial charge in [-0.2, -0.15) is 0 Å². The summed E-state index contributed by atoms with van der Waals surface area (Å²) in [5, 5.41) is 8.95. The third-order valence-electron chi connectivity index (χ3n) is 2.84. The molecule has 0 bridgehead atoms. The Balaban J connectivity index is 2.95. The van der Waals surface area contributed by atoms with E-state index in [-0.39, 0.29) is 12.3 Å². The van der Waals surface area contributed by atoms with Gasteiger partial charge in [-0.25, -0.2) is 0 Å². The van der Waals surface area contributed by atoms with E-state index in [0.717, 1.165) is 0 Å². The van der Waals surface area contributed by atoms with E-state index < -0.39 is 17.4 Å². The number of carbonyl (C=O) groups excluding carboxylic acids is 1. The van der Waals surface area contributed by atoms with Crippen LogP contribution in [0.25, 0.3) is 0 Å². The highest BCUT2D eigenvalue weighted by molar-refractivity contribution is 5.88. The van der Waals surface area contributed by atoms with E-state index in [9.17, 15) is 9.59 Å². The molecule has 4 nitrogen and oxygen atoms in total. The highest BCUT2D eigenvalue weighted by atomic mass is 16.4. The summed E-state index contributed by atoms with van der Waals surface area (Å²) in [4.78, 5) is 24.0. The summed E-state index contributed by atoms with van der Waals surface area (Å²) < 4.78 is 0. The van der Waals surface area contributed by atoms with Gasteiger partial charge in [0, 0.05) is 13.0 Å². The van der Waals surface area contributed by atoms with Crippen molar-refractivity contribution in [2.24, 2.45) is 5.92 Å². The van der Waals surface area contributed by atoms with Crippen LogP contribution in [0.5, 0.6) is 0 Å². The predicted octanol–water partition coefficient (Wildman–Crippen LogP) is 0.884. The molecule has 0 aromatic rings. The number of rotatable bonds is 3. The molecule has 0 aromatic carbocycles. The number of hydrogen-bond donors (Lipinski definition) is 1. The molecule has 1 atom stereocenters. The van der Waals surface area contributed by atoms with E-state index in [1.54, 1.807) is 24.8 Å². The average molecular weight is 197 g/mol. The summed E-state index contributed by atoms with van der Waals surface area (Å²) in [6, 6.07) is 0. The highest BCUT2D eigenvalue weighted by Gasteiger charge is 2.49. The number of carbonyl (C=O) groups is 2. The van der Waals surface area contributed by atoms with Crippen molar-refractivity contribution < 1.29 is 14.7 Å². The topological polar surface area (TPSA) is 57.6 Å². The van der Waals surface area contributed by atoms with Crippen LogP contribution in [0.3, 0.4) is 0 Å². The van der Waals surface area contributed by atoms with Crippen molar-refractivity contribution in [3.8, 4) is 0 Å². The largest absolute Gasteiger partial charge is 0.481 e. The van der Waals surface area contributed by atoms with Gasteiger partial charge >= 0.3 is 5.97 Å². The van der Waals surface area contributed by atoms with Gasteiger partial charge in [-0.05, 0) is 13.8 Å². The molecule has 1 N–H and O–H groups in total. The Labute approximate surface area is 83.2 Å². The summed E-state index contributed by atoms with van der Waals surface area (Å²) >= 11 is 0. The fourth-order valence-electron chi connectivity index (χ4n) is 1.90. The third kappa shape index (κ3) is 1.52. The first-order valence-corrected chi connectivity index (χ1v) is 4.55. The minimum absolute atomic E-state index is 0.0934. The quantitative estimate of drug-likeness (QED) is 0.683. The van der Waals surface area contributed by atoms with Crippen molar-refractivity contribution in [1.82, 2.24) is 4.90 Å². The Bertz CT molecular complexity index is 283. The summed E-state index contributed by atoms with van der Waals surface area (Å²) in [6.45, 7) is 7.52. The lowest BCUT2D eigenvalue weighted by Crippen LogP contribution is -2.46. The molecule has 78 valence electrons. The first-order chi connectivity index (χ1) is 6.41. The van der Waals surface area contributed by atoms with E-state index in [2.05, 4.69) is 6.58 Å². The van der Waals surface area contributed by atoms with Gasteiger partial charge in [0.05, 0.1) is 11.5 Å². The van der Waals surface area contributed by atoms with Crippen molar-refractivity contribution in [2.75, 3.05) is 6.54 Å². The van der Waals surface area contributed by atoms with Gasteiger partial charge in [0.25, 0.3) is 0 Å². The Morgan fingerprint density at radius 2 is 2.36 bits per heavy atom. The Hall–Kier alpha value is -1.32. The van der Waals surface area contributed by atoms with Gasteiger partial charge in [-0.15, -0.1) is 6.58 Å². The molecule has 1 aliphatic rings.